The molecule has 0 N–H and O–H groups in total. The Morgan fingerprint density at radius 2 is 1.89 bits per heavy atom. The number of amides is 2. The number of pyridine rings is 1. The number of benzene rings is 1. The minimum Gasteiger partial charge on any atom is -0.345 e. The fraction of sp³-hybridized carbons (Fsp3) is 0.435. The maximum atomic E-state index is 12.8. The van der Waals surface area contributed by atoms with Crippen molar-refractivity contribution in [1.29, 1.82) is 0 Å². The van der Waals surface area contributed by atoms with Gasteiger partial charge < -0.3 is 9.80 Å². The molecule has 0 bridgehead atoms. The van der Waals surface area contributed by atoms with Crippen LogP contribution in [0.15, 0.2) is 54.9 Å². The smallest absolute Gasteiger partial charge is 0.229 e. The Hall–Kier alpha value is -2.69. The number of carbonyl (C=O) groups excluding carboxylic acids is 2. The highest BCUT2D eigenvalue weighted by atomic mass is 16.2. The van der Waals surface area contributed by atoms with Gasteiger partial charge in [0.25, 0.3) is 0 Å². The van der Waals surface area contributed by atoms with Crippen molar-refractivity contribution in [1.82, 2.24) is 14.8 Å². The van der Waals surface area contributed by atoms with E-state index in [0.717, 1.165) is 50.0 Å². The van der Waals surface area contributed by atoms with Gasteiger partial charge in [-0.2, -0.15) is 0 Å². The van der Waals surface area contributed by atoms with Gasteiger partial charge in [-0.1, -0.05) is 36.4 Å². The van der Waals surface area contributed by atoms with Gasteiger partial charge in [0.05, 0.1) is 12.3 Å². The van der Waals surface area contributed by atoms with Crippen LogP contribution in [0, 0.1) is 5.41 Å². The van der Waals surface area contributed by atoms with Crippen LogP contribution >= 0.6 is 0 Å². The summed E-state index contributed by atoms with van der Waals surface area (Å²) in [4.78, 5) is 33.4. The lowest BCUT2D eigenvalue weighted by atomic mass is 9.67. The zero-order chi connectivity index (χ0) is 19.6. The van der Waals surface area contributed by atoms with Crippen LogP contribution in [0.4, 0.5) is 0 Å². The summed E-state index contributed by atoms with van der Waals surface area (Å²) in [5.74, 6) is 0.312. The van der Waals surface area contributed by atoms with Gasteiger partial charge in [0, 0.05) is 39.1 Å². The van der Waals surface area contributed by atoms with Crippen LogP contribution in [0.2, 0.25) is 0 Å². The third-order valence-electron chi connectivity index (χ3n) is 6.34. The van der Waals surface area contributed by atoms with Crippen LogP contribution < -0.4 is 0 Å². The van der Waals surface area contributed by atoms with Crippen LogP contribution in [0.3, 0.4) is 0 Å². The summed E-state index contributed by atoms with van der Waals surface area (Å²) in [7, 11) is 1.92. The number of hydrogen-bond donors (Lipinski definition) is 0. The van der Waals surface area contributed by atoms with Crippen LogP contribution in [-0.4, -0.2) is 53.3 Å². The van der Waals surface area contributed by atoms with Crippen LogP contribution in [0.5, 0.6) is 0 Å². The number of likely N-dealkylation sites (tertiary alicyclic amines) is 2. The fourth-order valence-electron chi connectivity index (χ4n) is 4.76. The lowest BCUT2D eigenvalue weighted by molar-refractivity contribution is -0.142. The summed E-state index contributed by atoms with van der Waals surface area (Å²) < 4.78 is 0. The molecule has 0 unspecified atom stereocenters. The van der Waals surface area contributed by atoms with Crippen LogP contribution in [0.1, 0.15) is 36.3 Å². The average Bonchev–Trinajstić information content (AvgIpc) is 2.73. The van der Waals surface area contributed by atoms with Gasteiger partial charge >= 0.3 is 0 Å². The first-order valence-electron chi connectivity index (χ1n) is 10.0. The number of piperidine rings is 2. The maximum absolute atomic E-state index is 12.8. The lowest BCUT2D eigenvalue weighted by Gasteiger charge is -2.49. The number of rotatable bonds is 3. The van der Waals surface area contributed by atoms with Gasteiger partial charge in [-0.25, -0.2) is 0 Å². The van der Waals surface area contributed by atoms with Crippen molar-refractivity contribution < 1.29 is 9.59 Å². The second-order valence-electron chi connectivity index (χ2n) is 8.28. The molecule has 5 nitrogen and oxygen atoms in total. The summed E-state index contributed by atoms with van der Waals surface area (Å²) >= 11 is 0. The summed E-state index contributed by atoms with van der Waals surface area (Å²) in [6.45, 7) is 2.32. The Labute approximate surface area is 166 Å². The number of aromatic nitrogens is 1. The molecule has 2 fully saturated rings. The van der Waals surface area contributed by atoms with Crippen molar-refractivity contribution in [3.05, 3.63) is 66.0 Å². The largest absolute Gasteiger partial charge is 0.345 e. The SMILES string of the molecule is CN1CC2(CCN(C(=O)Cc3cccnc3)CC2)C[C@H](c2ccccc2)C1=O. The summed E-state index contributed by atoms with van der Waals surface area (Å²) in [6, 6.07) is 13.9. The Kier molecular flexibility index (Phi) is 5.16. The van der Waals surface area contributed by atoms with E-state index in [1.165, 1.54) is 0 Å². The molecule has 2 amide bonds. The molecule has 4 rings (SSSR count). The van der Waals surface area contributed by atoms with Crippen molar-refractivity contribution >= 4 is 11.8 Å². The molecule has 1 atom stereocenters. The first-order valence-corrected chi connectivity index (χ1v) is 10.0. The zero-order valence-corrected chi connectivity index (χ0v) is 16.4. The molecule has 1 aromatic carbocycles. The highest BCUT2D eigenvalue weighted by Crippen LogP contribution is 2.45. The molecule has 28 heavy (non-hydrogen) atoms. The average molecular weight is 377 g/mol. The molecule has 2 aliphatic rings. The molecule has 1 spiro atoms. The Bertz CT molecular complexity index is 829. The highest BCUT2D eigenvalue weighted by Gasteiger charge is 2.45. The van der Waals surface area contributed by atoms with Gasteiger partial charge in [-0.3, -0.25) is 14.6 Å². The molecule has 1 aromatic heterocycles. The minimum absolute atomic E-state index is 0.0717. The van der Waals surface area contributed by atoms with E-state index in [-0.39, 0.29) is 23.1 Å². The van der Waals surface area contributed by atoms with Gasteiger partial charge in [0.1, 0.15) is 0 Å². The molecule has 0 aliphatic carbocycles. The number of hydrogen-bond acceptors (Lipinski definition) is 3. The van der Waals surface area contributed by atoms with E-state index in [1.807, 2.05) is 47.2 Å². The summed E-state index contributed by atoms with van der Waals surface area (Å²) in [5, 5.41) is 0. The molecule has 2 saturated heterocycles. The molecule has 2 aliphatic heterocycles. The Morgan fingerprint density at radius 3 is 2.57 bits per heavy atom. The first kappa shape index (κ1) is 18.7. The third-order valence-corrected chi connectivity index (χ3v) is 6.34. The zero-order valence-electron chi connectivity index (χ0n) is 16.4. The summed E-state index contributed by atoms with van der Waals surface area (Å²) in [5.41, 5.74) is 2.17. The van der Waals surface area contributed by atoms with Crippen molar-refractivity contribution in [2.45, 2.75) is 31.6 Å². The highest BCUT2D eigenvalue weighted by molar-refractivity contribution is 5.84. The van der Waals surface area contributed by atoms with Crippen LogP contribution in [0.25, 0.3) is 0 Å². The number of likely N-dealkylation sites (N-methyl/N-ethyl adjacent to an activating group) is 1. The molecule has 3 heterocycles. The molecular formula is C23H27N3O2. The fourth-order valence-corrected chi connectivity index (χ4v) is 4.76. The minimum atomic E-state index is -0.0717. The van der Waals surface area contributed by atoms with Crippen molar-refractivity contribution in [2.24, 2.45) is 5.41 Å². The van der Waals surface area contributed by atoms with Crippen molar-refractivity contribution in [2.75, 3.05) is 26.7 Å². The second kappa shape index (κ2) is 7.74. The summed E-state index contributed by atoms with van der Waals surface area (Å²) in [6.07, 6.45) is 6.67. The third kappa shape index (κ3) is 3.79. The Balaban J connectivity index is 1.42. The molecule has 146 valence electrons. The topological polar surface area (TPSA) is 53.5 Å². The molecular weight excluding hydrogens is 350 g/mol. The van der Waals surface area contributed by atoms with Crippen molar-refractivity contribution in [3.63, 3.8) is 0 Å². The van der Waals surface area contributed by atoms with E-state index >= 15 is 0 Å². The molecule has 2 aromatic rings. The number of nitrogens with zero attached hydrogens (tertiary/aromatic N) is 3. The van der Waals surface area contributed by atoms with Gasteiger partial charge in [-0.05, 0) is 41.9 Å². The van der Waals surface area contributed by atoms with E-state index in [9.17, 15) is 9.59 Å². The van der Waals surface area contributed by atoms with Gasteiger partial charge in [0.15, 0.2) is 0 Å². The Morgan fingerprint density at radius 1 is 1.14 bits per heavy atom. The van der Waals surface area contributed by atoms with Crippen LogP contribution in [-0.2, 0) is 16.0 Å². The van der Waals surface area contributed by atoms with E-state index in [2.05, 4.69) is 17.1 Å². The predicted octanol–water partition coefficient (Wildman–Crippen LogP) is 2.88. The second-order valence-corrected chi connectivity index (χ2v) is 8.28. The van der Waals surface area contributed by atoms with Gasteiger partial charge in [-0.15, -0.1) is 0 Å². The predicted molar refractivity (Wildman–Crippen MR) is 108 cm³/mol. The quantitative estimate of drug-likeness (QED) is 0.826. The monoisotopic (exact) mass is 377 g/mol. The van der Waals surface area contributed by atoms with Crippen molar-refractivity contribution in [3.8, 4) is 0 Å². The normalized spacial score (nSPS) is 21.8. The van der Waals surface area contributed by atoms with E-state index in [0.29, 0.717) is 6.42 Å². The molecule has 0 radical (unpaired) electrons. The molecule has 0 saturated carbocycles. The van der Waals surface area contributed by atoms with E-state index < -0.39 is 0 Å². The van der Waals surface area contributed by atoms with Gasteiger partial charge in [0.2, 0.25) is 11.8 Å². The van der Waals surface area contributed by atoms with E-state index in [4.69, 9.17) is 0 Å². The first-order chi connectivity index (χ1) is 13.6. The lowest BCUT2D eigenvalue weighted by Crippen LogP contribution is -2.53. The number of carbonyl (C=O) groups is 2. The standard InChI is InChI=1S/C23H27N3O2/c1-25-17-23(15-20(22(25)28)19-7-3-2-4-8-19)9-12-26(13-10-23)21(27)14-18-6-5-11-24-16-18/h2-8,11,16,20H,9-10,12-15,17H2,1H3/t20-/m1/s1. The molecule has 5 heteroatoms. The van der Waals surface area contributed by atoms with E-state index in [1.54, 1.807) is 12.4 Å². The maximum Gasteiger partial charge on any atom is 0.229 e.